The maximum atomic E-state index is 14.2. The zero-order valence-corrected chi connectivity index (χ0v) is 15.8. The van der Waals surface area contributed by atoms with Crippen molar-refractivity contribution in [2.24, 2.45) is 0 Å². The van der Waals surface area contributed by atoms with Gasteiger partial charge >= 0.3 is 0 Å². The van der Waals surface area contributed by atoms with Crippen molar-refractivity contribution in [1.82, 2.24) is 4.31 Å². The van der Waals surface area contributed by atoms with E-state index >= 15 is 0 Å². The van der Waals surface area contributed by atoms with E-state index in [4.69, 9.17) is 0 Å². The Morgan fingerprint density at radius 3 is 2.54 bits per heavy atom. The summed E-state index contributed by atoms with van der Waals surface area (Å²) in [5, 5.41) is 13.5. The van der Waals surface area contributed by atoms with Crippen molar-refractivity contribution in [2.45, 2.75) is 24.7 Å². The summed E-state index contributed by atoms with van der Waals surface area (Å²) in [5.41, 5.74) is 0.250. The quantitative estimate of drug-likeness (QED) is 0.605. The lowest BCUT2D eigenvalue weighted by Crippen LogP contribution is -2.29. The number of anilines is 1. The van der Waals surface area contributed by atoms with E-state index in [9.17, 15) is 27.7 Å². The Labute approximate surface area is 161 Å². The minimum Gasteiger partial charge on any atom is -0.321 e. The molecule has 0 aliphatic carbocycles. The van der Waals surface area contributed by atoms with Gasteiger partial charge in [0.2, 0.25) is 10.0 Å². The predicted octanol–water partition coefficient (Wildman–Crippen LogP) is 3.08. The van der Waals surface area contributed by atoms with Crippen LogP contribution in [0.2, 0.25) is 0 Å². The molecule has 28 heavy (non-hydrogen) atoms. The van der Waals surface area contributed by atoms with Gasteiger partial charge in [-0.2, -0.15) is 4.31 Å². The van der Waals surface area contributed by atoms with Crippen LogP contribution < -0.4 is 5.32 Å². The van der Waals surface area contributed by atoms with Crippen LogP contribution in [0.3, 0.4) is 0 Å². The van der Waals surface area contributed by atoms with Gasteiger partial charge in [0, 0.05) is 24.7 Å². The summed E-state index contributed by atoms with van der Waals surface area (Å²) in [6.07, 6.45) is 1.40. The second-order valence-corrected chi connectivity index (χ2v) is 8.32. The number of amides is 1. The van der Waals surface area contributed by atoms with Crippen LogP contribution in [0.1, 0.15) is 28.8 Å². The average Bonchev–Trinajstić information content (AvgIpc) is 3.19. The summed E-state index contributed by atoms with van der Waals surface area (Å²) >= 11 is 0. The molecule has 0 aromatic heterocycles. The third-order valence-corrected chi connectivity index (χ3v) is 6.54. The van der Waals surface area contributed by atoms with Gasteiger partial charge in [0.25, 0.3) is 11.6 Å². The second kappa shape index (κ2) is 7.64. The molecule has 1 N–H and O–H groups in total. The summed E-state index contributed by atoms with van der Waals surface area (Å²) in [4.78, 5) is 22.5. The van der Waals surface area contributed by atoms with Gasteiger partial charge in [-0.3, -0.25) is 14.9 Å². The molecule has 2 aromatic rings. The molecule has 0 unspecified atom stereocenters. The van der Waals surface area contributed by atoms with Crippen LogP contribution in [0.15, 0.2) is 41.3 Å². The number of hydrogen-bond acceptors (Lipinski definition) is 5. The Morgan fingerprint density at radius 2 is 1.89 bits per heavy atom. The van der Waals surface area contributed by atoms with E-state index in [0.717, 1.165) is 12.1 Å². The lowest BCUT2D eigenvalue weighted by Gasteiger charge is -2.16. The lowest BCUT2D eigenvalue weighted by atomic mass is 10.1. The molecule has 148 valence electrons. The van der Waals surface area contributed by atoms with E-state index in [0.29, 0.717) is 25.9 Å². The van der Waals surface area contributed by atoms with Crippen molar-refractivity contribution in [1.29, 1.82) is 0 Å². The Kier molecular flexibility index (Phi) is 5.43. The van der Waals surface area contributed by atoms with Crippen LogP contribution in [-0.2, 0) is 10.0 Å². The number of nitro benzene ring substituents is 1. The molecular formula is C18H18FN3O5S. The number of benzene rings is 2. The molecule has 0 bridgehead atoms. The SMILES string of the molecule is Cc1c(NC(=O)c2ccc(F)c(S(=O)(=O)N3CCCC3)c2)cccc1[N+](=O)[O-]. The maximum absolute atomic E-state index is 14.2. The van der Waals surface area contributed by atoms with Crippen molar-refractivity contribution in [3.8, 4) is 0 Å². The van der Waals surface area contributed by atoms with Gasteiger partial charge < -0.3 is 5.32 Å². The summed E-state index contributed by atoms with van der Waals surface area (Å²) in [7, 11) is -4.04. The molecular weight excluding hydrogens is 389 g/mol. The molecule has 2 aromatic carbocycles. The van der Waals surface area contributed by atoms with Crippen LogP contribution in [0.4, 0.5) is 15.8 Å². The highest BCUT2D eigenvalue weighted by molar-refractivity contribution is 7.89. The highest BCUT2D eigenvalue weighted by Gasteiger charge is 2.30. The van der Waals surface area contributed by atoms with Crippen LogP contribution in [0, 0.1) is 22.9 Å². The minimum atomic E-state index is -4.04. The molecule has 3 rings (SSSR count). The third-order valence-electron chi connectivity index (χ3n) is 4.63. The minimum absolute atomic E-state index is 0.0647. The molecule has 1 aliphatic heterocycles. The molecule has 1 aliphatic rings. The fraction of sp³-hybridized carbons (Fsp3) is 0.278. The number of sulfonamides is 1. The number of carbonyl (C=O) groups excluding carboxylic acids is 1. The van der Waals surface area contributed by atoms with Crippen LogP contribution in [0.5, 0.6) is 0 Å². The standard InChI is InChI=1S/C18H18FN3O5S/c1-12-15(5-4-6-16(12)22(24)25)20-18(23)13-7-8-14(19)17(11-13)28(26,27)21-9-2-3-10-21/h4-8,11H,2-3,9-10H2,1H3,(H,20,23). The van der Waals surface area contributed by atoms with E-state index in [-0.39, 0.29) is 22.5 Å². The van der Waals surface area contributed by atoms with E-state index in [1.54, 1.807) is 0 Å². The zero-order chi connectivity index (χ0) is 20.5. The number of hydrogen-bond donors (Lipinski definition) is 1. The molecule has 0 saturated carbocycles. The number of carbonyl (C=O) groups is 1. The van der Waals surface area contributed by atoms with Gasteiger partial charge in [-0.25, -0.2) is 12.8 Å². The Bertz CT molecular complexity index is 1050. The van der Waals surface area contributed by atoms with Crippen molar-refractivity contribution in [3.63, 3.8) is 0 Å². The summed E-state index contributed by atoms with van der Waals surface area (Å²) in [5.74, 6) is -1.63. The maximum Gasteiger partial charge on any atom is 0.274 e. The summed E-state index contributed by atoms with van der Waals surface area (Å²) in [6, 6.07) is 7.31. The molecule has 10 heteroatoms. The van der Waals surface area contributed by atoms with E-state index in [2.05, 4.69) is 5.32 Å². The Morgan fingerprint density at radius 1 is 1.21 bits per heavy atom. The molecule has 1 saturated heterocycles. The molecule has 8 nitrogen and oxygen atoms in total. The average molecular weight is 407 g/mol. The number of nitrogens with one attached hydrogen (secondary N) is 1. The van der Waals surface area contributed by atoms with E-state index in [1.807, 2.05) is 0 Å². The molecule has 1 heterocycles. The largest absolute Gasteiger partial charge is 0.321 e. The first-order chi connectivity index (χ1) is 13.2. The first-order valence-corrected chi connectivity index (χ1v) is 10.0. The molecule has 0 atom stereocenters. The Hall–Kier alpha value is -2.85. The van der Waals surface area contributed by atoms with Gasteiger partial charge in [-0.15, -0.1) is 0 Å². The second-order valence-electron chi connectivity index (χ2n) is 6.42. The van der Waals surface area contributed by atoms with Gasteiger partial charge in [0.1, 0.15) is 10.7 Å². The first-order valence-electron chi connectivity index (χ1n) is 8.57. The summed E-state index contributed by atoms with van der Waals surface area (Å²) in [6.45, 7) is 2.11. The highest BCUT2D eigenvalue weighted by Crippen LogP contribution is 2.27. The first kappa shape index (κ1) is 19.9. The predicted molar refractivity (Wildman–Crippen MR) is 100 cm³/mol. The number of nitrogens with zero attached hydrogens (tertiary/aromatic N) is 2. The van der Waals surface area contributed by atoms with E-state index in [1.165, 1.54) is 35.5 Å². The molecule has 0 radical (unpaired) electrons. The summed E-state index contributed by atoms with van der Waals surface area (Å²) < 4.78 is 40.7. The number of rotatable bonds is 5. The fourth-order valence-electron chi connectivity index (χ4n) is 3.06. The lowest BCUT2D eigenvalue weighted by molar-refractivity contribution is -0.385. The third kappa shape index (κ3) is 3.73. The van der Waals surface area contributed by atoms with E-state index < -0.39 is 31.6 Å². The normalized spacial score (nSPS) is 14.8. The van der Waals surface area contributed by atoms with Crippen molar-refractivity contribution < 1.29 is 22.5 Å². The fourth-order valence-corrected chi connectivity index (χ4v) is 4.67. The van der Waals surface area contributed by atoms with Crippen LogP contribution in [-0.4, -0.2) is 36.6 Å². The number of nitro groups is 1. The van der Waals surface area contributed by atoms with Crippen LogP contribution >= 0.6 is 0 Å². The van der Waals surface area contributed by atoms with Gasteiger partial charge in [0.05, 0.1) is 16.2 Å². The van der Waals surface area contributed by atoms with Crippen molar-refractivity contribution >= 4 is 27.3 Å². The van der Waals surface area contributed by atoms with Crippen molar-refractivity contribution in [2.75, 3.05) is 18.4 Å². The van der Waals surface area contributed by atoms with Crippen molar-refractivity contribution in [3.05, 3.63) is 63.5 Å². The monoisotopic (exact) mass is 407 g/mol. The molecule has 1 fully saturated rings. The number of halogens is 1. The topological polar surface area (TPSA) is 110 Å². The smallest absolute Gasteiger partial charge is 0.274 e. The molecule has 1 amide bonds. The van der Waals surface area contributed by atoms with Gasteiger partial charge in [-0.05, 0) is 44.0 Å². The van der Waals surface area contributed by atoms with Crippen LogP contribution in [0.25, 0.3) is 0 Å². The molecule has 0 spiro atoms. The zero-order valence-electron chi connectivity index (χ0n) is 15.0. The van der Waals surface area contributed by atoms with Gasteiger partial charge in [-0.1, -0.05) is 6.07 Å². The Balaban J connectivity index is 1.92. The highest BCUT2D eigenvalue weighted by atomic mass is 32.2. The van der Waals surface area contributed by atoms with Gasteiger partial charge in [0.15, 0.2) is 0 Å².